The van der Waals surface area contributed by atoms with E-state index in [0.717, 1.165) is 15.3 Å². The molecule has 2 N–H and O–H groups in total. The molecule has 0 radical (unpaired) electrons. The van der Waals surface area contributed by atoms with Gasteiger partial charge < -0.3 is 10.4 Å². The van der Waals surface area contributed by atoms with Crippen LogP contribution < -0.4 is 5.32 Å². The minimum absolute atomic E-state index is 0.0603. The molecule has 0 aliphatic rings. The van der Waals surface area contributed by atoms with E-state index < -0.39 is 0 Å². The van der Waals surface area contributed by atoms with Crippen LogP contribution in [0.1, 0.15) is 4.88 Å². The second-order valence-corrected chi connectivity index (χ2v) is 5.55. The largest absolute Gasteiger partial charge is 0.395 e. The van der Waals surface area contributed by atoms with Crippen molar-refractivity contribution < 1.29 is 9.90 Å². The lowest BCUT2D eigenvalue weighted by molar-refractivity contribution is -0.116. The highest BCUT2D eigenvalue weighted by Gasteiger charge is 2.05. The molecule has 0 aliphatic carbocycles. The maximum absolute atomic E-state index is 11.4. The topological polar surface area (TPSA) is 49.3 Å². The lowest BCUT2D eigenvalue weighted by Crippen LogP contribution is -2.24. The summed E-state index contributed by atoms with van der Waals surface area (Å²) in [7, 11) is 0. The predicted molar refractivity (Wildman–Crippen MR) is 83.9 cm³/mol. The minimum Gasteiger partial charge on any atom is -0.395 e. The summed E-state index contributed by atoms with van der Waals surface area (Å²) in [5, 5.41) is 11.9. The van der Waals surface area contributed by atoms with Gasteiger partial charge in [-0.1, -0.05) is 29.8 Å². The number of hydrogen-bond donors (Lipinski definition) is 2. The third-order valence-corrected chi connectivity index (χ3v) is 3.99. The zero-order valence-corrected chi connectivity index (χ0v) is 12.2. The van der Waals surface area contributed by atoms with Crippen LogP contribution in [0.4, 0.5) is 0 Å². The summed E-state index contributed by atoms with van der Waals surface area (Å²) >= 11 is 7.72. The minimum atomic E-state index is -0.216. The van der Waals surface area contributed by atoms with E-state index in [0.29, 0.717) is 5.02 Å². The van der Waals surface area contributed by atoms with Gasteiger partial charge in [0.05, 0.1) is 6.61 Å². The van der Waals surface area contributed by atoms with E-state index in [-0.39, 0.29) is 19.1 Å². The van der Waals surface area contributed by atoms with E-state index in [1.807, 2.05) is 36.4 Å². The van der Waals surface area contributed by atoms with E-state index in [1.54, 1.807) is 17.4 Å². The highest BCUT2D eigenvalue weighted by Crippen LogP contribution is 2.33. The van der Waals surface area contributed by atoms with E-state index in [1.165, 1.54) is 6.08 Å². The number of hydrogen-bond acceptors (Lipinski definition) is 3. The molecule has 0 aliphatic heterocycles. The number of halogens is 1. The number of aliphatic hydroxyl groups excluding tert-OH is 1. The molecule has 1 aromatic heterocycles. The average Bonchev–Trinajstić information content (AvgIpc) is 2.92. The Balaban J connectivity index is 2.08. The van der Waals surface area contributed by atoms with Crippen molar-refractivity contribution in [3.63, 3.8) is 0 Å². The van der Waals surface area contributed by atoms with Gasteiger partial charge in [0, 0.05) is 33.0 Å². The Bertz CT molecular complexity index is 622. The van der Waals surface area contributed by atoms with Crippen LogP contribution in [0.15, 0.2) is 42.5 Å². The fourth-order valence-corrected chi connectivity index (χ4v) is 2.89. The number of carbonyl (C=O) groups excluding carboxylic acids is 1. The fraction of sp³-hybridized carbons (Fsp3) is 0.133. The molecule has 0 spiro atoms. The Morgan fingerprint density at radius 2 is 2.10 bits per heavy atom. The van der Waals surface area contributed by atoms with Crippen molar-refractivity contribution in [2.45, 2.75) is 0 Å². The fourth-order valence-electron chi connectivity index (χ4n) is 1.64. The van der Waals surface area contributed by atoms with Crippen molar-refractivity contribution in [2.24, 2.45) is 0 Å². The van der Waals surface area contributed by atoms with Gasteiger partial charge in [-0.3, -0.25) is 4.79 Å². The first-order valence-electron chi connectivity index (χ1n) is 6.12. The summed E-state index contributed by atoms with van der Waals surface area (Å²) in [5.41, 5.74) is 0.989. The number of thiophene rings is 1. The van der Waals surface area contributed by atoms with Crippen LogP contribution in [0.5, 0.6) is 0 Å². The summed E-state index contributed by atoms with van der Waals surface area (Å²) in [5.74, 6) is -0.216. The second kappa shape index (κ2) is 7.24. The maximum Gasteiger partial charge on any atom is 0.244 e. The Kier molecular flexibility index (Phi) is 5.35. The molecule has 1 heterocycles. The third kappa shape index (κ3) is 3.93. The molecule has 104 valence electrons. The van der Waals surface area contributed by atoms with Gasteiger partial charge in [0.25, 0.3) is 0 Å². The van der Waals surface area contributed by atoms with Crippen molar-refractivity contribution in [3.8, 4) is 10.4 Å². The number of amides is 1. The summed E-state index contributed by atoms with van der Waals surface area (Å²) in [6, 6.07) is 11.6. The SMILES string of the molecule is O=C(/C=C/c1ccc(-c2ccccc2Cl)s1)NCCO. The molecule has 3 nitrogen and oxygen atoms in total. The van der Waals surface area contributed by atoms with E-state index in [9.17, 15) is 4.79 Å². The number of benzene rings is 1. The number of nitrogens with one attached hydrogen (secondary N) is 1. The molecule has 20 heavy (non-hydrogen) atoms. The van der Waals surface area contributed by atoms with Crippen LogP contribution in [0.2, 0.25) is 5.02 Å². The zero-order valence-electron chi connectivity index (χ0n) is 10.7. The summed E-state index contributed by atoms with van der Waals surface area (Å²) < 4.78 is 0. The summed E-state index contributed by atoms with van der Waals surface area (Å²) in [4.78, 5) is 13.4. The first kappa shape index (κ1) is 14.8. The van der Waals surface area contributed by atoms with Crippen LogP contribution in [0, 0.1) is 0 Å². The first-order chi connectivity index (χ1) is 9.70. The summed E-state index contributed by atoms with van der Waals surface area (Å²) in [6.07, 6.45) is 3.20. The molecule has 0 saturated carbocycles. The van der Waals surface area contributed by atoms with Crippen LogP contribution >= 0.6 is 22.9 Å². The van der Waals surface area contributed by atoms with Gasteiger partial charge in [-0.05, 0) is 24.3 Å². The van der Waals surface area contributed by atoms with Gasteiger partial charge in [-0.15, -0.1) is 11.3 Å². The molecule has 2 aromatic rings. The predicted octanol–water partition coefficient (Wildman–Crippen LogP) is 3.19. The highest BCUT2D eigenvalue weighted by atomic mass is 35.5. The zero-order chi connectivity index (χ0) is 14.4. The van der Waals surface area contributed by atoms with E-state index >= 15 is 0 Å². The van der Waals surface area contributed by atoms with Crippen molar-refractivity contribution in [1.82, 2.24) is 5.32 Å². The molecule has 0 saturated heterocycles. The quantitative estimate of drug-likeness (QED) is 0.834. The lowest BCUT2D eigenvalue weighted by Gasteiger charge is -1.99. The van der Waals surface area contributed by atoms with Crippen molar-refractivity contribution in [3.05, 3.63) is 52.4 Å². The van der Waals surface area contributed by atoms with Crippen molar-refractivity contribution >= 4 is 34.9 Å². The highest BCUT2D eigenvalue weighted by molar-refractivity contribution is 7.16. The molecule has 1 aromatic carbocycles. The third-order valence-electron chi connectivity index (χ3n) is 2.58. The Morgan fingerprint density at radius 3 is 2.85 bits per heavy atom. The molecule has 0 bridgehead atoms. The molecule has 0 unspecified atom stereocenters. The van der Waals surface area contributed by atoms with Gasteiger partial charge >= 0.3 is 0 Å². The molecular weight excluding hydrogens is 294 g/mol. The number of rotatable bonds is 5. The Morgan fingerprint density at radius 1 is 1.30 bits per heavy atom. The first-order valence-corrected chi connectivity index (χ1v) is 7.31. The van der Waals surface area contributed by atoms with Crippen molar-refractivity contribution in [2.75, 3.05) is 13.2 Å². The van der Waals surface area contributed by atoms with Crippen LogP contribution in [0.3, 0.4) is 0 Å². The molecule has 0 fully saturated rings. The van der Waals surface area contributed by atoms with Gasteiger partial charge in [0.2, 0.25) is 5.91 Å². The normalized spacial score (nSPS) is 10.9. The Hall–Kier alpha value is -1.62. The standard InChI is InChI=1S/C15H14ClNO2S/c16-13-4-2-1-3-12(13)14-7-5-11(20-14)6-8-15(19)17-9-10-18/h1-8,18H,9-10H2,(H,17,19)/b8-6+. The Labute approximate surface area is 126 Å². The monoisotopic (exact) mass is 307 g/mol. The molecule has 2 rings (SSSR count). The van der Waals surface area contributed by atoms with Crippen LogP contribution in [0.25, 0.3) is 16.5 Å². The smallest absolute Gasteiger partial charge is 0.244 e. The average molecular weight is 308 g/mol. The number of aliphatic hydroxyl groups is 1. The van der Waals surface area contributed by atoms with Gasteiger partial charge in [0.1, 0.15) is 0 Å². The van der Waals surface area contributed by atoms with Gasteiger partial charge in [-0.2, -0.15) is 0 Å². The maximum atomic E-state index is 11.4. The van der Waals surface area contributed by atoms with Crippen molar-refractivity contribution in [1.29, 1.82) is 0 Å². The van der Waals surface area contributed by atoms with Crippen LogP contribution in [-0.4, -0.2) is 24.2 Å². The molecule has 0 atom stereocenters. The summed E-state index contributed by atoms with van der Waals surface area (Å²) in [6.45, 7) is 0.202. The number of carbonyl (C=O) groups is 1. The second-order valence-electron chi connectivity index (χ2n) is 4.03. The molecular formula is C15H14ClNO2S. The lowest BCUT2D eigenvalue weighted by atomic mass is 10.2. The van der Waals surface area contributed by atoms with E-state index in [4.69, 9.17) is 16.7 Å². The van der Waals surface area contributed by atoms with Gasteiger partial charge in [0.15, 0.2) is 0 Å². The van der Waals surface area contributed by atoms with E-state index in [2.05, 4.69) is 5.32 Å². The molecule has 1 amide bonds. The van der Waals surface area contributed by atoms with Crippen LogP contribution in [-0.2, 0) is 4.79 Å². The van der Waals surface area contributed by atoms with Gasteiger partial charge in [-0.25, -0.2) is 0 Å². The molecule has 5 heteroatoms.